The van der Waals surface area contributed by atoms with Crippen molar-refractivity contribution in [2.75, 3.05) is 5.32 Å². The predicted molar refractivity (Wildman–Crippen MR) is 107 cm³/mol. The quantitative estimate of drug-likeness (QED) is 0.461. The van der Waals surface area contributed by atoms with E-state index in [2.05, 4.69) is 10.3 Å². The number of ether oxygens (including phenoxy) is 1. The van der Waals surface area contributed by atoms with Gasteiger partial charge in [-0.25, -0.2) is 0 Å². The number of amides is 1. The Bertz CT molecular complexity index is 1100. The van der Waals surface area contributed by atoms with E-state index in [9.17, 15) is 25.0 Å². The predicted octanol–water partition coefficient (Wildman–Crippen LogP) is 3.97. The minimum absolute atomic E-state index is 0.0131. The van der Waals surface area contributed by atoms with E-state index in [1.54, 1.807) is 43.3 Å². The monoisotopic (exact) mass is 408 g/mol. The van der Waals surface area contributed by atoms with Gasteiger partial charge >= 0.3 is 5.82 Å². The highest BCUT2D eigenvalue weighted by atomic mass is 16.6. The molecule has 152 valence electrons. The third-order valence-corrected chi connectivity index (χ3v) is 4.12. The van der Waals surface area contributed by atoms with Gasteiger partial charge in [-0.3, -0.25) is 14.9 Å². The van der Waals surface area contributed by atoms with Gasteiger partial charge in [-0.05, 0) is 40.6 Å². The highest BCUT2D eigenvalue weighted by Gasteiger charge is 2.28. The van der Waals surface area contributed by atoms with Crippen molar-refractivity contribution in [1.82, 2.24) is 4.98 Å². The molecule has 0 aliphatic carbocycles. The Balaban J connectivity index is 1.97. The van der Waals surface area contributed by atoms with E-state index in [0.717, 1.165) is 0 Å². The van der Waals surface area contributed by atoms with Crippen molar-refractivity contribution in [2.24, 2.45) is 0 Å². The van der Waals surface area contributed by atoms with Crippen molar-refractivity contribution >= 4 is 23.1 Å². The average Bonchev–Trinajstić information content (AvgIpc) is 2.73. The molecule has 3 rings (SSSR count). The molecule has 1 aromatic heterocycles. The highest BCUT2D eigenvalue weighted by Crippen LogP contribution is 2.31. The summed E-state index contributed by atoms with van der Waals surface area (Å²) in [6, 6.07) is 15.4. The molecule has 30 heavy (non-hydrogen) atoms. The lowest BCUT2D eigenvalue weighted by atomic mass is 10.1. The molecule has 0 aliphatic rings. The minimum Gasteiger partial charge on any atom is -0.467 e. The first-order chi connectivity index (χ1) is 14.4. The molecule has 1 atom stereocenters. The summed E-state index contributed by atoms with van der Waals surface area (Å²) in [4.78, 5) is 37.9. The van der Waals surface area contributed by atoms with E-state index in [-0.39, 0.29) is 17.1 Å². The zero-order valence-corrected chi connectivity index (χ0v) is 15.7. The first kappa shape index (κ1) is 20.4. The zero-order valence-electron chi connectivity index (χ0n) is 15.7. The number of pyridine rings is 1. The molecule has 10 nitrogen and oxygen atoms in total. The molecule has 1 N–H and O–H groups in total. The molecule has 0 spiro atoms. The van der Waals surface area contributed by atoms with Crippen LogP contribution in [0.2, 0.25) is 0 Å². The van der Waals surface area contributed by atoms with Crippen LogP contribution in [0.5, 0.6) is 5.75 Å². The molecule has 2 aromatic carbocycles. The van der Waals surface area contributed by atoms with Crippen molar-refractivity contribution < 1.29 is 19.4 Å². The van der Waals surface area contributed by atoms with E-state index in [1.807, 2.05) is 0 Å². The summed E-state index contributed by atoms with van der Waals surface area (Å²) in [6.45, 7) is 1.69. The topological polar surface area (TPSA) is 138 Å². The Morgan fingerprint density at radius 2 is 1.77 bits per heavy atom. The lowest BCUT2D eigenvalue weighted by molar-refractivity contribution is -0.390. The van der Waals surface area contributed by atoms with Gasteiger partial charge in [0.25, 0.3) is 11.6 Å². The molecule has 1 unspecified atom stereocenters. The van der Waals surface area contributed by atoms with Crippen molar-refractivity contribution in [2.45, 2.75) is 13.0 Å². The number of nitrogens with one attached hydrogen (secondary N) is 1. The van der Waals surface area contributed by atoms with Crippen LogP contribution in [0.15, 0.2) is 66.9 Å². The van der Waals surface area contributed by atoms with Crippen LogP contribution in [0.3, 0.4) is 0 Å². The summed E-state index contributed by atoms with van der Waals surface area (Å²) in [6.07, 6.45) is -0.0758. The molecule has 0 saturated carbocycles. The second-order valence-corrected chi connectivity index (χ2v) is 6.26. The summed E-state index contributed by atoms with van der Waals surface area (Å²) in [5.41, 5.74) is 0.771. The normalized spacial score (nSPS) is 11.4. The van der Waals surface area contributed by atoms with E-state index < -0.39 is 27.7 Å². The first-order valence-corrected chi connectivity index (χ1v) is 8.73. The molecule has 1 heterocycles. The SMILES string of the molecule is Cc1ccc(NC(=O)C(Oc2cccnc2[N+](=O)[O-])c2ccccc2)c([N+](=O)[O-])c1. The minimum atomic E-state index is -1.31. The van der Waals surface area contributed by atoms with Crippen LogP contribution >= 0.6 is 0 Å². The third-order valence-electron chi connectivity index (χ3n) is 4.12. The first-order valence-electron chi connectivity index (χ1n) is 8.73. The lowest BCUT2D eigenvalue weighted by Gasteiger charge is -2.19. The Hall–Kier alpha value is -4.34. The number of hydrogen-bond donors (Lipinski definition) is 1. The number of nitrogens with zero attached hydrogens (tertiary/aromatic N) is 3. The van der Waals surface area contributed by atoms with Gasteiger partial charge in [0.1, 0.15) is 11.9 Å². The van der Waals surface area contributed by atoms with E-state index in [4.69, 9.17) is 4.74 Å². The van der Waals surface area contributed by atoms with Gasteiger partial charge in [0.05, 0.1) is 4.92 Å². The Morgan fingerprint density at radius 1 is 1.03 bits per heavy atom. The molecule has 3 aromatic rings. The number of nitro benzene ring substituents is 1. The van der Waals surface area contributed by atoms with Gasteiger partial charge in [0.15, 0.2) is 0 Å². The van der Waals surface area contributed by atoms with Gasteiger partial charge in [-0.15, -0.1) is 0 Å². The second kappa shape index (κ2) is 8.78. The molecule has 0 radical (unpaired) electrons. The molecule has 0 fully saturated rings. The molecular weight excluding hydrogens is 392 g/mol. The number of aryl methyl sites for hydroxylation is 1. The number of benzene rings is 2. The number of aromatic nitrogens is 1. The summed E-state index contributed by atoms with van der Waals surface area (Å²) in [5.74, 6) is -1.48. The van der Waals surface area contributed by atoms with Crippen LogP contribution < -0.4 is 10.1 Å². The smallest absolute Gasteiger partial charge is 0.406 e. The molecule has 0 aliphatic heterocycles. The van der Waals surface area contributed by atoms with Gasteiger partial charge in [-0.1, -0.05) is 36.4 Å². The molecule has 1 amide bonds. The van der Waals surface area contributed by atoms with Crippen LogP contribution in [-0.4, -0.2) is 20.7 Å². The zero-order chi connectivity index (χ0) is 21.7. The summed E-state index contributed by atoms with van der Waals surface area (Å²) < 4.78 is 5.66. The number of nitro groups is 2. The number of hydrogen-bond acceptors (Lipinski definition) is 7. The van der Waals surface area contributed by atoms with Crippen LogP contribution in [0.4, 0.5) is 17.2 Å². The van der Waals surface area contributed by atoms with Crippen molar-refractivity contribution in [3.8, 4) is 5.75 Å². The van der Waals surface area contributed by atoms with Gasteiger partial charge in [0, 0.05) is 11.6 Å². The lowest BCUT2D eigenvalue weighted by Crippen LogP contribution is -2.26. The van der Waals surface area contributed by atoms with Crippen LogP contribution in [0.25, 0.3) is 0 Å². The maximum Gasteiger partial charge on any atom is 0.406 e. The van der Waals surface area contributed by atoms with Crippen LogP contribution in [0, 0.1) is 27.2 Å². The molecule has 10 heteroatoms. The second-order valence-electron chi connectivity index (χ2n) is 6.26. The van der Waals surface area contributed by atoms with Gasteiger partial charge in [0.2, 0.25) is 11.9 Å². The Morgan fingerprint density at radius 3 is 2.43 bits per heavy atom. The third kappa shape index (κ3) is 4.55. The fourth-order valence-corrected chi connectivity index (χ4v) is 2.74. The summed E-state index contributed by atoms with van der Waals surface area (Å²) >= 11 is 0. The highest BCUT2D eigenvalue weighted by molar-refractivity contribution is 5.97. The van der Waals surface area contributed by atoms with E-state index in [0.29, 0.717) is 11.1 Å². The Labute approximate surface area is 170 Å². The summed E-state index contributed by atoms with van der Waals surface area (Å²) in [7, 11) is 0. The molecular formula is C20H16N4O6. The van der Waals surface area contributed by atoms with Crippen LogP contribution in [0.1, 0.15) is 17.2 Å². The van der Waals surface area contributed by atoms with Crippen molar-refractivity contribution in [3.05, 3.63) is 98.2 Å². The number of rotatable bonds is 7. The van der Waals surface area contributed by atoms with Crippen LogP contribution in [-0.2, 0) is 4.79 Å². The van der Waals surface area contributed by atoms with Gasteiger partial charge < -0.3 is 20.2 Å². The van der Waals surface area contributed by atoms with Crippen molar-refractivity contribution in [3.63, 3.8) is 0 Å². The Kier molecular flexibility index (Phi) is 5.97. The maximum absolute atomic E-state index is 13.0. The van der Waals surface area contributed by atoms with E-state index >= 15 is 0 Å². The fraction of sp³-hybridized carbons (Fsp3) is 0.100. The van der Waals surface area contributed by atoms with E-state index in [1.165, 1.54) is 30.5 Å². The largest absolute Gasteiger partial charge is 0.467 e. The average molecular weight is 408 g/mol. The number of carbonyl (C=O) groups is 1. The fourth-order valence-electron chi connectivity index (χ4n) is 2.74. The van der Waals surface area contributed by atoms with Crippen molar-refractivity contribution in [1.29, 1.82) is 0 Å². The standard InChI is InChI=1S/C20H16N4O6/c1-13-9-10-15(16(12-13)23(26)27)22-20(25)18(14-6-3-2-4-7-14)30-17-8-5-11-21-19(17)24(28)29/h2-12,18H,1H3,(H,22,25). The van der Waals surface area contributed by atoms with Gasteiger partial charge in [-0.2, -0.15) is 0 Å². The maximum atomic E-state index is 13.0. The molecule has 0 saturated heterocycles. The summed E-state index contributed by atoms with van der Waals surface area (Å²) in [5, 5.41) is 25.1. The number of anilines is 1. The molecule has 0 bridgehead atoms. The number of carbonyl (C=O) groups excluding carboxylic acids is 1.